The van der Waals surface area contributed by atoms with Crippen molar-refractivity contribution in [3.63, 3.8) is 0 Å². The van der Waals surface area contributed by atoms with Gasteiger partial charge in [-0.1, -0.05) is 25.1 Å². The first-order valence-corrected chi connectivity index (χ1v) is 7.02. The number of hydrogen-bond acceptors (Lipinski definition) is 2. The Hall–Kier alpha value is -1.07. The summed E-state index contributed by atoms with van der Waals surface area (Å²) in [6, 6.07) is 5.75. The molecule has 1 aliphatic rings. The largest absolute Gasteiger partial charge is 0.416 e. The molecule has 0 spiro atoms. The second-order valence-corrected chi connectivity index (χ2v) is 5.09. The first-order valence-electron chi connectivity index (χ1n) is 7.02. The molecule has 0 aromatic heterocycles. The van der Waals surface area contributed by atoms with E-state index in [0.29, 0.717) is 13.2 Å². The fourth-order valence-corrected chi connectivity index (χ4v) is 2.73. The summed E-state index contributed by atoms with van der Waals surface area (Å²) < 4.78 is 45.0. The van der Waals surface area contributed by atoms with Crippen molar-refractivity contribution in [3.05, 3.63) is 35.4 Å². The van der Waals surface area contributed by atoms with E-state index < -0.39 is 17.8 Å². The van der Waals surface area contributed by atoms with E-state index in [2.05, 4.69) is 5.32 Å². The topological polar surface area (TPSA) is 21.3 Å². The van der Waals surface area contributed by atoms with Crippen LogP contribution < -0.4 is 5.32 Å². The summed E-state index contributed by atoms with van der Waals surface area (Å²) in [5.74, 6) is 0.0900. The van der Waals surface area contributed by atoms with Crippen molar-refractivity contribution in [2.45, 2.75) is 32.0 Å². The lowest BCUT2D eigenvalue weighted by Crippen LogP contribution is -2.32. The summed E-state index contributed by atoms with van der Waals surface area (Å²) in [4.78, 5) is 0. The molecule has 0 aliphatic carbocycles. The SMILES string of the molecule is CCNCC1CCCOC1c1ccccc1C(F)(F)F. The smallest absolute Gasteiger partial charge is 0.373 e. The Labute approximate surface area is 117 Å². The van der Waals surface area contributed by atoms with Gasteiger partial charge >= 0.3 is 6.18 Å². The van der Waals surface area contributed by atoms with Crippen LogP contribution in [0, 0.1) is 5.92 Å². The molecule has 112 valence electrons. The van der Waals surface area contributed by atoms with Crippen LogP contribution >= 0.6 is 0 Å². The van der Waals surface area contributed by atoms with Gasteiger partial charge in [0.05, 0.1) is 11.7 Å². The van der Waals surface area contributed by atoms with Crippen LogP contribution in [0.25, 0.3) is 0 Å². The molecule has 0 radical (unpaired) electrons. The molecule has 2 unspecified atom stereocenters. The zero-order valence-electron chi connectivity index (χ0n) is 11.5. The van der Waals surface area contributed by atoms with E-state index in [-0.39, 0.29) is 11.5 Å². The highest BCUT2D eigenvalue weighted by atomic mass is 19.4. The average molecular weight is 287 g/mol. The fraction of sp³-hybridized carbons (Fsp3) is 0.600. The van der Waals surface area contributed by atoms with Crippen molar-refractivity contribution in [1.82, 2.24) is 5.32 Å². The summed E-state index contributed by atoms with van der Waals surface area (Å²) in [7, 11) is 0. The van der Waals surface area contributed by atoms with Gasteiger partial charge in [0.15, 0.2) is 0 Å². The molecule has 0 amide bonds. The van der Waals surface area contributed by atoms with Crippen LogP contribution in [-0.2, 0) is 10.9 Å². The predicted octanol–water partition coefficient (Wildman–Crippen LogP) is 3.78. The van der Waals surface area contributed by atoms with Crippen LogP contribution in [0.4, 0.5) is 13.2 Å². The molecule has 2 atom stereocenters. The van der Waals surface area contributed by atoms with Crippen molar-refractivity contribution in [3.8, 4) is 0 Å². The summed E-state index contributed by atoms with van der Waals surface area (Å²) in [6.07, 6.45) is -3.01. The van der Waals surface area contributed by atoms with E-state index in [4.69, 9.17) is 4.74 Å². The molecule has 5 heteroatoms. The van der Waals surface area contributed by atoms with E-state index in [1.165, 1.54) is 12.1 Å². The highest BCUT2D eigenvalue weighted by Gasteiger charge is 2.38. The molecule has 1 aromatic carbocycles. The highest BCUT2D eigenvalue weighted by molar-refractivity contribution is 5.32. The van der Waals surface area contributed by atoms with Crippen LogP contribution in [0.3, 0.4) is 0 Å². The maximum Gasteiger partial charge on any atom is 0.416 e. The third kappa shape index (κ3) is 3.52. The number of halogens is 3. The lowest BCUT2D eigenvalue weighted by molar-refractivity contribution is -0.140. The van der Waals surface area contributed by atoms with Gasteiger partial charge < -0.3 is 10.1 Å². The molecular formula is C15H20F3NO. The Bertz CT molecular complexity index is 433. The quantitative estimate of drug-likeness (QED) is 0.910. The minimum atomic E-state index is -4.33. The third-order valence-corrected chi connectivity index (χ3v) is 3.67. The monoisotopic (exact) mass is 287 g/mol. The number of nitrogens with one attached hydrogen (secondary N) is 1. The van der Waals surface area contributed by atoms with E-state index in [0.717, 1.165) is 25.5 Å². The number of hydrogen-bond donors (Lipinski definition) is 1. The Morgan fingerprint density at radius 1 is 1.30 bits per heavy atom. The molecule has 1 saturated heterocycles. The third-order valence-electron chi connectivity index (χ3n) is 3.67. The van der Waals surface area contributed by atoms with Gasteiger partial charge in [0.25, 0.3) is 0 Å². The van der Waals surface area contributed by atoms with E-state index in [1.54, 1.807) is 6.07 Å². The normalized spacial score (nSPS) is 23.8. The molecule has 0 saturated carbocycles. The number of alkyl halides is 3. The van der Waals surface area contributed by atoms with Crippen LogP contribution in [-0.4, -0.2) is 19.7 Å². The van der Waals surface area contributed by atoms with Crippen LogP contribution in [0.1, 0.15) is 37.0 Å². The van der Waals surface area contributed by atoms with Gasteiger partial charge in [0.1, 0.15) is 0 Å². The molecule has 1 aliphatic heterocycles. The maximum atomic E-state index is 13.1. The zero-order chi connectivity index (χ0) is 14.6. The Balaban J connectivity index is 2.28. The zero-order valence-corrected chi connectivity index (χ0v) is 11.5. The Morgan fingerprint density at radius 3 is 2.75 bits per heavy atom. The summed E-state index contributed by atoms with van der Waals surface area (Å²) in [5.41, 5.74) is -0.309. The Morgan fingerprint density at radius 2 is 2.05 bits per heavy atom. The van der Waals surface area contributed by atoms with Crippen molar-refractivity contribution in [2.75, 3.05) is 19.7 Å². The van der Waals surface area contributed by atoms with Crippen LogP contribution in [0.15, 0.2) is 24.3 Å². The highest BCUT2D eigenvalue weighted by Crippen LogP contribution is 2.40. The summed E-state index contributed by atoms with van der Waals surface area (Å²) in [5, 5.41) is 3.21. The standard InChI is InChI=1S/C15H20F3NO/c1-2-19-10-11-6-5-9-20-14(11)12-7-3-4-8-13(12)15(16,17)18/h3-4,7-8,11,14,19H,2,5-6,9-10H2,1H3. The fourth-order valence-electron chi connectivity index (χ4n) is 2.73. The van der Waals surface area contributed by atoms with Gasteiger partial charge in [-0.05, 0) is 31.0 Å². The van der Waals surface area contributed by atoms with Crippen molar-refractivity contribution < 1.29 is 17.9 Å². The first kappa shape index (κ1) is 15.3. The van der Waals surface area contributed by atoms with Gasteiger partial charge in [-0.2, -0.15) is 13.2 Å². The molecule has 1 fully saturated rings. The van der Waals surface area contributed by atoms with Crippen LogP contribution in [0.5, 0.6) is 0 Å². The second kappa shape index (κ2) is 6.59. The molecule has 20 heavy (non-hydrogen) atoms. The van der Waals surface area contributed by atoms with Gasteiger partial charge in [0.2, 0.25) is 0 Å². The Kier molecular flexibility index (Phi) is 5.05. The number of ether oxygens (including phenoxy) is 1. The van der Waals surface area contributed by atoms with E-state index in [1.807, 2.05) is 6.92 Å². The summed E-state index contributed by atoms with van der Waals surface area (Å²) in [6.45, 7) is 4.01. The number of rotatable bonds is 4. The molecule has 2 nitrogen and oxygen atoms in total. The molecule has 1 N–H and O–H groups in total. The molecule has 1 aromatic rings. The van der Waals surface area contributed by atoms with Gasteiger partial charge in [0, 0.05) is 19.1 Å². The first-order chi connectivity index (χ1) is 9.54. The number of benzene rings is 1. The summed E-state index contributed by atoms with van der Waals surface area (Å²) >= 11 is 0. The molecule has 1 heterocycles. The average Bonchev–Trinajstić information content (AvgIpc) is 2.44. The molecule has 2 rings (SSSR count). The van der Waals surface area contributed by atoms with Crippen molar-refractivity contribution >= 4 is 0 Å². The van der Waals surface area contributed by atoms with Gasteiger partial charge in [-0.25, -0.2) is 0 Å². The lowest BCUT2D eigenvalue weighted by atomic mass is 9.87. The second-order valence-electron chi connectivity index (χ2n) is 5.09. The molecule has 0 bridgehead atoms. The van der Waals surface area contributed by atoms with E-state index in [9.17, 15) is 13.2 Å². The van der Waals surface area contributed by atoms with Crippen molar-refractivity contribution in [2.24, 2.45) is 5.92 Å². The van der Waals surface area contributed by atoms with Gasteiger partial charge in [-0.3, -0.25) is 0 Å². The minimum Gasteiger partial charge on any atom is -0.373 e. The van der Waals surface area contributed by atoms with Gasteiger partial charge in [-0.15, -0.1) is 0 Å². The van der Waals surface area contributed by atoms with E-state index >= 15 is 0 Å². The predicted molar refractivity (Wildman–Crippen MR) is 71.4 cm³/mol. The van der Waals surface area contributed by atoms with Crippen LogP contribution in [0.2, 0.25) is 0 Å². The van der Waals surface area contributed by atoms with Crippen molar-refractivity contribution in [1.29, 1.82) is 0 Å². The minimum absolute atomic E-state index is 0.0900. The lowest BCUT2D eigenvalue weighted by Gasteiger charge is -2.33. The maximum absolute atomic E-state index is 13.1. The molecular weight excluding hydrogens is 267 g/mol.